The van der Waals surface area contributed by atoms with Gasteiger partial charge >= 0.3 is 0 Å². The predicted molar refractivity (Wildman–Crippen MR) is 146 cm³/mol. The normalized spacial score (nSPS) is 20.7. The molecule has 38 heavy (non-hydrogen) atoms. The highest BCUT2D eigenvalue weighted by molar-refractivity contribution is 6.04. The molecule has 2 atom stereocenters. The summed E-state index contributed by atoms with van der Waals surface area (Å²) in [5.74, 6) is 2.76. The molecule has 3 saturated heterocycles. The summed E-state index contributed by atoms with van der Waals surface area (Å²) in [5, 5.41) is 16.1. The first-order chi connectivity index (χ1) is 18.4. The first kappa shape index (κ1) is 23.2. The van der Waals surface area contributed by atoms with Crippen molar-refractivity contribution < 1.29 is 13.9 Å². The van der Waals surface area contributed by atoms with Gasteiger partial charge in [0.05, 0.1) is 5.56 Å². The molecular weight excluding hydrogens is 484 g/mol. The van der Waals surface area contributed by atoms with E-state index in [9.17, 15) is 9.50 Å². The van der Waals surface area contributed by atoms with Crippen LogP contribution in [0.2, 0.25) is 0 Å². The Morgan fingerprint density at radius 1 is 1.05 bits per heavy atom. The number of piperazine rings is 1. The molecule has 3 aliphatic heterocycles. The minimum Gasteiger partial charge on any atom is -0.508 e. The van der Waals surface area contributed by atoms with E-state index in [4.69, 9.17) is 11.4 Å². The smallest absolute Gasteiger partial charge is 0.157 e. The fourth-order valence-electron chi connectivity index (χ4n) is 6.37. The van der Waals surface area contributed by atoms with Crippen molar-refractivity contribution >= 4 is 33.2 Å². The largest absolute Gasteiger partial charge is 0.508 e. The van der Waals surface area contributed by atoms with Gasteiger partial charge in [0.2, 0.25) is 0 Å². The first-order valence-electron chi connectivity index (χ1n) is 13.1. The van der Waals surface area contributed by atoms with E-state index in [0.717, 1.165) is 62.6 Å². The Balaban J connectivity index is 1.50. The van der Waals surface area contributed by atoms with Crippen molar-refractivity contribution in [1.82, 2.24) is 15.3 Å². The van der Waals surface area contributed by atoms with Crippen LogP contribution in [0.4, 0.5) is 20.4 Å². The highest BCUT2D eigenvalue weighted by atomic mass is 19.1. The third-order valence-electron chi connectivity index (χ3n) is 8.31. The fraction of sp³-hybridized carbons (Fsp3) is 0.333. The molecule has 8 heteroatoms. The van der Waals surface area contributed by atoms with Gasteiger partial charge in [0.1, 0.15) is 28.9 Å². The van der Waals surface area contributed by atoms with Gasteiger partial charge in [-0.1, -0.05) is 12.0 Å². The Morgan fingerprint density at radius 2 is 1.82 bits per heavy atom. The molecule has 2 N–H and O–H groups in total. The fourth-order valence-corrected chi connectivity index (χ4v) is 6.37. The monoisotopic (exact) mass is 511 g/mol. The molecule has 4 aromatic rings. The van der Waals surface area contributed by atoms with Gasteiger partial charge in [-0.05, 0) is 49.8 Å². The number of pyridine rings is 2. The van der Waals surface area contributed by atoms with Crippen LogP contribution in [0.1, 0.15) is 30.4 Å². The number of terminal acetylenes is 1. The zero-order chi connectivity index (χ0) is 26.1. The van der Waals surface area contributed by atoms with E-state index >= 15 is 4.39 Å². The maximum atomic E-state index is 16.7. The van der Waals surface area contributed by atoms with E-state index in [1.54, 1.807) is 6.20 Å². The standard InChI is InChI=1S/C30H27F2N5O/c1-3-21-24(31)8-5-17-11-20(38)12-22(26(17)21)28-27(32)25-16(2)29(36-9-4-10-36)35-30(23(25)13-33-28)37-14-18-6-7-19(15-37)34-18/h1,5,8,11-13,18-19,34,38H,4,6-7,9-10,14-15H2,2H3. The number of phenols is 1. The molecule has 3 fully saturated rings. The number of halogens is 2. The Morgan fingerprint density at radius 3 is 2.50 bits per heavy atom. The van der Waals surface area contributed by atoms with E-state index in [1.165, 1.54) is 24.3 Å². The number of aromatic hydroxyl groups is 1. The molecule has 3 aliphatic rings. The number of phenolic OH excluding ortho intramolecular Hbond substituents is 1. The van der Waals surface area contributed by atoms with Gasteiger partial charge in [0.25, 0.3) is 0 Å². The van der Waals surface area contributed by atoms with Gasteiger partial charge in [-0.15, -0.1) is 6.42 Å². The number of hydrogen-bond acceptors (Lipinski definition) is 6. The molecule has 2 unspecified atom stereocenters. The maximum Gasteiger partial charge on any atom is 0.157 e. The summed E-state index contributed by atoms with van der Waals surface area (Å²) in [6, 6.07) is 6.47. The molecule has 0 aliphatic carbocycles. The third-order valence-corrected chi connectivity index (χ3v) is 8.31. The molecule has 0 spiro atoms. The van der Waals surface area contributed by atoms with Crippen molar-refractivity contribution in [3.63, 3.8) is 0 Å². The number of benzene rings is 2. The second-order valence-electron chi connectivity index (χ2n) is 10.6. The average Bonchev–Trinajstić information content (AvgIpc) is 3.21. The Hall–Kier alpha value is -3.96. The van der Waals surface area contributed by atoms with Gasteiger partial charge < -0.3 is 20.2 Å². The zero-order valence-corrected chi connectivity index (χ0v) is 21.1. The highest BCUT2D eigenvalue weighted by Crippen LogP contribution is 2.42. The lowest BCUT2D eigenvalue weighted by molar-refractivity contribution is 0.464. The van der Waals surface area contributed by atoms with Crippen LogP contribution in [0.3, 0.4) is 0 Å². The summed E-state index contributed by atoms with van der Waals surface area (Å²) >= 11 is 0. The minimum absolute atomic E-state index is 0.0171. The summed E-state index contributed by atoms with van der Waals surface area (Å²) in [5.41, 5.74) is 1.05. The second-order valence-corrected chi connectivity index (χ2v) is 10.6. The van der Waals surface area contributed by atoms with E-state index < -0.39 is 11.6 Å². The molecule has 2 aromatic carbocycles. The number of rotatable bonds is 3. The molecule has 2 aromatic heterocycles. The number of nitrogens with one attached hydrogen (secondary N) is 1. The lowest BCUT2D eigenvalue weighted by atomic mass is 9.94. The Labute approximate surface area is 219 Å². The predicted octanol–water partition coefficient (Wildman–Crippen LogP) is 4.87. The van der Waals surface area contributed by atoms with Gasteiger partial charge in [-0.25, -0.2) is 13.8 Å². The molecule has 192 valence electrons. The van der Waals surface area contributed by atoms with E-state index in [1.807, 2.05) is 6.92 Å². The number of nitrogens with zero attached hydrogens (tertiary/aromatic N) is 4. The number of hydrogen-bond donors (Lipinski definition) is 2. The minimum atomic E-state index is -0.579. The Kier molecular flexibility index (Phi) is 5.21. The number of aromatic nitrogens is 2. The van der Waals surface area contributed by atoms with Crippen LogP contribution in [0.25, 0.3) is 32.8 Å². The van der Waals surface area contributed by atoms with Crippen LogP contribution < -0.4 is 15.1 Å². The summed E-state index contributed by atoms with van der Waals surface area (Å²) < 4.78 is 31.4. The van der Waals surface area contributed by atoms with E-state index in [-0.39, 0.29) is 22.6 Å². The average molecular weight is 512 g/mol. The van der Waals surface area contributed by atoms with E-state index in [2.05, 4.69) is 26.0 Å². The summed E-state index contributed by atoms with van der Waals surface area (Å²) in [6.07, 6.45) is 10.7. The van der Waals surface area contributed by atoms with Crippen molar-refractivity contribution in [3.05, 3.63) is 53.2 Å². The molecule has 0 saturated carbocycles. The SMILES string of the molecule is C#Cc1c(F)ccc2cc(O)cc(-c3ncc4c(N5CC6CCC(C5)N6)nc(N5CCC5)c(C)c4c3F)c12. The number of fused-ring (bicyclic) bond motifs is 4. The van der Waals surface area contributed by atoms with Crippen molar-refractivity contribution in [2.45, 2.75) is 38.3 Å². The molecule has 5 heterocycles. The number of anilines is 2. The summed E-state index contributed by atoms with van der Waals surface area (Å²) in [7, 11) is 0. The first-order valence-corrected chi connectivity index (χ1v) is 13.1. The zero-order valence-electron chi connectivity index (χ0n) is 21.1. The van der Waals surface area contributed by atoms with Crippen molar-refractivity contribution in [1.29, 1.82) is 0 Å². The molecule has 6 nitrogen and oxygen atoms in total. The maximum absolute atomic E-state index is 16.7. The van der Waals surface area contributed by atoms with Crippen LogP contribution in [0.15, 0.2) is 30.5 Å². The lowest BCUT2D eigenvalue weighted by Crippen LogP contribution is -2.51. The summed E-state index contributed by atoms with van der Waals surface area (Å²) in [4.78, 5) is 14.1. The van der Waals surface area contributed by atoms with Crippen molar-refractivity contribution in [2.24, 2.45) is 0 Å². The van der Waals surface area contributed by atoms with Gasteiger partial charge in [-0.3, -0.25) is 4.98 Å². The molecule has 2 bridgehead atoms. The molecule has 7 rings (SSSR count). The molecule has 0 radical (unpaired) electrons. The topological polar surface area (TPSA) is 64.5 Å². The lowest BCUT2D eigenvalue weighted by Gasteiger charge is -2.37. The van der Waals surface area contributed by atoms with E-state index in [0.29, 0.717) is 33.6 Å². The van der Waals surface area contributed by atoms with Crippen LogP contribution in [0, 0.1) is 30.9 Å². The van der Waals surface area contributed by atoms with Crippen LogP contribution in [0.5, 0.6) is 5.75 Å². The van der Waals surface area contributed by atoms with Gasteiger partial charge in [-0.2, -0.15) is 0 Å². The quantitative estimate of drug-likeness (QED) is 0.383. The van der Waals surface area contributed by atoms with Crippen molar-refractivity contribution in [2.75, 3.05) is 36.0 Å². The summed E-state index contributed by atoms with van der Waals surface area (Å²) in [6.45, 7) is 5.29. The second kappa shape index (κ2) is 8.53. The third kappa shape index (κ3) is 3.42. The van der Waals surface area contributed by atoms with Crippen LogP contribution in [-0.4, -0.2) is 53.3 Å². The highest BCUT2D eigenvalue weighted by Gasteiger charge is 2.35. The molecular formula is C30H27F2N5O. The molecule has 0 amide bonds. The van der Waals surface area contributed by atoms with Crippen LogP contribution in [-0.2, 0) is 0 Å². The van der Waals surface area contributed by atoms with Crippen LogP contribution >= 0.6 is 0 Å². The van der Waals surface area contributed by atoms with Gasteiger partial charge in [0.15, 0.2) is 5.82 Å². The Bertz CT molecular complexity index is 1660. The number of aryl methyl sites for hydroxylation is 1. The van der Waals surface area contributed by atoms with Gasteiger partial charge in [0, 0.05) is 71.7 Å². The van der Waals surface area contributed by atoms with Crippen molar-refractivity contribution in [3.8, 4) is 29.4 Å².